The summed E-state index contributed by atoms with van der Waals surface area (Å²) in [6.07, 6.45) is 1.94. The number of hydrogen-bond donors (Lipinski definition) is 3. The molecule has 24 heavy (non-hydrogen) atoms. The Kier molecular flexibility index (Phi) is 6.24. The van der Waals surface area contributed by atoms with E-state index >= 15 is 0 Å². The molecule has 2 rings (SSSR count). The highest BCUT2D eigenvalue weighted by atomic mass is 16.5. The number of benzene rings is 1. The largest absolute Gasteiger partial charge is 0.388 e. The van der Waals surface area contributed by atoms with Crippen LogP contribution in [-0.4, -0.2) is 42.5 Å². The minimum absolute atomic E-state index is 0.00392. The molecule has 1 fully saturated rings. The second kappa shape index (κ2) is 7.99. The molecule has 0 aliphatic carbocycles. The van der Waals surface area contributed by atoms with Crippen LogP contribution in [0.1, 0.15) is 45.6 Å². The average molecular weight is 334 g/mol. The molecular formula is C19H30N2O3. The van der Waals surface area contributed by atoms with Gasteiger partial charge in [0.2, 0.25) is 0 Å². The second-order valence-electron chi connectivity index (χ2n) is 7.21. The van der Waals surface area contributed by atoms with Gasteiger partial charge in [0.15, 0.2) is 0 Å². The predicted octanol–water partition coefficient (Wildman–Crippen LogP) is 2.58. The van der Waals surface area contributed by atoms with Crippen molar-refractivity contribution >= 4 is 6.03 Å². The van der Waals surface area contributed by atoms with Crippen LogP contribution >= 0.6 is 0 Å². The minimum atomic E-state index is -0.855. The van der Waals surface area contributed by atoms with Crippen LogP contribution in [0, 0.1) is 0 Å². The summed E-state index contributed by atoms with van der Waals surface area (Å²) in [6.45, 7) is 7.69. The third-order valence-corrected chi connectivity index (χ3v) is 5.10. The van der Waals surface area contributed by atoms with Gasteiger partial charge in [0.05, 0.1) is 5.60 Å². The van der Waals surface area contributed by atoms with Crippen LogP contribution in [0.4, 0.5) is 4.79 Å². The number of carbonyl (C=O) groups excluding carboxylic acids is 1. The third kappa shape index (κ3) is 4.71. The van der Waals surface area contributed by atoms with Crippen molar-refractivity contribution in [1.82, 2.24) is 10.6 Å². The maximum absolute atomic E-state index is 12.3. The van der Waals surface area contributed by atoms with E-state index in [-0.39, 0.29) is 24.0 Å². The van der Waals surface area contributed by atoms with Crippen LogP contribution in [-0.2, 0) is 10.2 Å². The number of carbonyl (C=O) groups is 1. The Morgan fingerprint density at radius 1 is 1.29 bits per heavy atom. The summed E-state index contributed by atoms with van der Waals surface area (Å²) < 4.78 is 5.26. The Morgan fingerprint density at radius 3 is 2.50 bits per heavy atom. The molecular weight excluding hydrogens is 304 g/mol. The number of hydrogen-bond acceptors (Lipinski definition) is 3. The Hall–Kier alpha value is -1.59. The van der Waals surface area contributed by atoms with Gasteiger partial charge in [0, 0.05) is 44.1 Å². The first-order chi connectivity index (χ1) is 11.4. The average Bonchev–Trinajstić information content (AvgIpc) is 2.59. The molecule has 134 valence electrons. The lowest BCUT2D eigenvalue weighted by Crippen LogP contribution is -2.54. The van der Waals surface area contributed by atoms with E-state index in [1.165, 1.54) is 5.56 Å². The maximum atomic E-state index is 12.3. The fraction of sp³-hybridized carbons (Fsp3) is 0.632. The van der Waals surface area contributed by atoms with Crippen molar-refractivity contribution in [3.8, 4) is 0 Å². The van der Waals surface area contributed by atoms with E-state index in [1.807, 2.05) is 18.2 Å². The van der Waals surface area contributed by atoms with Gasteiger partial charge in [-0.3, -0.25) is 0 Å². The number of amides is 2. The van der Waals surface area contributed by atoms with E-state index in [2.05, 4.69) is 43.5 Å². The minimum Gasteiger partial charge on any atom is -0.388 e. The molecule has 1 aliphatic rings. The summed E-state index contributed by atoms with van der Waals surface area (Å²) >= 11 is 0. The molecule has 3 N–H and O–H groups in total. The molecule has 0 spiro atoms. The normalized spacial score (nSPS) is 18.7. The number of aliphatic hydroxyl groups is 1. The highest BCUT2D eigenvalue weighted by Crippen LogP contribution is 2.28. The molecule has 1 unspecified atom stereocenters. The van der Waals surface area contributed by atoms with Gasteiger partial charge in [0.1, 0.15) is 0 Å². The number of rotatable bonds is 6. The molecule has 0 bridgehead atoms. The highest BCUT2D eigenvalue weighted by molar-refractivity contribution is 5.74. The van der Waals surface area contributed by atoms with E-state index in [0.29, 0.717) is 26.1 Å². The van der Waals surface area contributed by atoms with Crippen molar-refractivity contribution in [2.45, 2.75) is 57.1 Å². The molecule has 1 aliphatic heterocycles. The van der Waals surface area contributed by atoms with Gasteiger partial charge in [-0.05, 0) is 12.0 Å². The van der Waals surface area contributed by atoms with Gasteiger partial charge in [-0.15, -0.1) is 0 Å². The van der Waals surface area contributed by atoms with Gasteiger partial charge >= 0.3 is 6.03 Å². The number of nitrogens with one attached hydrogen (secondary N) is 2. The molecule has 1 aromatic carbocycles. The third-order valence-electron chi connectivity index (χ3n) is 5.10. The molecule has 0 saturated carbocycles. The topological polar surface area (TPSA) is 70.6 Å². The first-order valence-electron chi connectivity index (χ1n) is 8.77. The van der Waals surface area contributed by atoms with E-state index in [0.717, 1.165) is 6.42 Å². The molecule has 0 aromatic heterocycles. The second-order valence-corrected chi connectivity index (χ2v) is 7.21. The van der Waals surface area contributed by atoms with Gasteiger partial charge in [-0.2, -0.15) is 0 Å². The standard InChI is InChI=1S/C19H30N2O3/c1-4-16(18(2,3)15-8-6-5-7-9-15)21-17(22)20-14-19(23)10-12-24-13-11-19/h5-9,16,23H,4,10-14H2,1-3H3,(H2,20,21,22). The van der Waals surface area contributed by atoms with Crippen molar-refractivity contribution in [1.29, 1.82) is 0 Å². The van der Waals surface area contributed by atoms with Crippen LogP contribution in [0.15, 0.2) is 30.3 Å². The fourth-order valence-electron chi connectivity index (χ4n) is 3.24. The van der Waals surface area contributed by atoms with E-state index in [1.54, 1.807) is 0 Å². The van der Waals surface area contributed by atoms with Gasteiger partial charge in [-0.1, -0.05) is 51.1 Å². The zero-order valence-corrected chi connectivity index (χ0v) is 15.0. The van der Waals surface area contributed by atoms with E-state index in [9.17, 15) is 9.90 Å². The van der Waals surface area contributed by atoms with Gasteiger partial charge in [-0.25, -0.2) is 4.79 Å². The van der Waals surface area contributed by atoms with Gasteiger partial charge < -0.3 is 20.5 Å². The lowest BCUT2D eigenvalue weighted by molar-refractivity contribution is -0.0600. The summed E-state index contributed by atoms with van der Waals surface area (Å²) in [4.78, 5) is 12.3. The van der Waals surface area contributed by atoms with E-state index in [4.69, 9.17) is 4.74 Å². The zero-order valence-electron chi connectivity index (χ0n) is 15.0. The quantitative estimate of drug-likeness (QED) is 0.749. The summed E-state index contributed by atoms with van der Waals surface area (Å²) in [5.41, 5.74) is 0.162. The fourth-order valence-corrected chi connectivity index (χ4v) is 3.24. The first-order valence-corrected chi connectivity index (χ1v) is 8.77. The molecule has 1 saturated heterocycles. The predicted molar refractivity (Wildman–Crippen MR) is 95.1 cm³/mol. The smallest absolute Gasteiger partial charge is 0.315 e. The molecule has 2 amide bonds. The van der Waals surface area contributed by atoms with Crippen molar-refractivity contribution in [2.75, 3.05) is 19.8 Å². The summed E-state index contributed by atoms with van der Waals surface area (Å²) in [6, 6.07) is 9.99. The van der Waals surface area contributed by atoms with Crippen LogP contribution in [0.5, 0.6) is 0 Å². The van der Waals surface area contributed by atoms with Crippen LogP contribution < -0.4 is 10.6 Å². The Morgan fingerprint density at radius 2 is 1.92 bits per heavy atom. The van der Waals surface area contributed by atoms with E-state index < -0.39 is 5.60 Å². The zero-order chi connectivity index (χ0) is 17.6. The SMILES string of the molecule is CCC(NC(=O)NCC1(O)CCOCC1)C(C)(C)c1ccccc1. The number of urea groups is 1. The van der Waals surface area contributed by atoms with Gasteiger partial charge in [0.25, 0.3) is 0 Å². The molecule has 1 aromatic rings. The Labute approximate surface area is 144 Å². The molecule has 5 heteroatoms. The lowest BCUT2D eigenvalue weighted by atomic mass is 9.76. The summed E-state index contributed by atoms with van der Waals surface area (Å²) in [5.74, 6) is 0. The van der Waals surface area contributed by atoms with Crippen LogP contribution in [0.25, 0.3) is 0 Å². The van der Waals surface area contributed by atoms with Crippen molar-refractivity contribution in [2.24, 2.45) is 0 Å². The maximum Gasteiger partial charge on any atom is 0.315 e. The molecule has 1 heterocycles. The molecule has 1 atom stereocenters. The Bertz CT molecular complexity index is 525. The highest BCUT2D eigenvalue weighted by Gasteiger charge is 2.33. The summed E-state index contributed by atoms with van der Waals surface area (Å²) in [7, 11) is 0. The lowest BCUT2D eigenvalue weighted by Gasteiger charge is -2.36. The van der Waals surface area contributed by atoms with Crippen LogP contribution in [0.3, 0.4) is 0 Å². The monoisotopic (exact) mass is 334 g/mol. The van der Waals surface area contributed by atoms with Crippen molar-refractivity contribution in [3.05, 3.63) is 35.9 Å². The molecule has 0 radical (unpaired) electrons. The summed E-state index contributed by atoms with van der Waals surface area (Å²) in [5, 5.41) is 16.3. The Balaban J connectivity index is 1.93. The first kappa shape index (κ1) is 18.7. The van der Waals surface area contributed by atoms with Crippen molar-refractivity contribution in [3.63, 3.8) is 0 Å². The van der Waals surface area contributed by atoms with Crippen LogP contribution in [0.2, 0.25) is 0 Å². The van der Waals surface area contributed by atoms with Crippen molar-refractivity contribution < 1.29 is 14.6 Å². The number of ether oxygens (including phenoxy) is 1. The molecule has 5 nitrogen and oxygen atoms in total.